The van der Waals surface area contributed by atoms with Crippen LogP contribution in [0, 0.1) is 0 Å². The molecule has 3 rings (SSSR count). The molecule has 118 valence electrons. The molecular formula is C16H21N3O2S. The molecule has 1 aromatic carbocycles. The Kier molecular flexibility index (Phi) is 5.00. The molecule has 1 aliphatic rings. The second-order valence-corrected chi connectivity index (χ2v) is 7.03. The number of nitrogens with zero attached hydrogens (tertiary/aromatic N) is 3. The highest BCUT2D eigenvalue weighted by Crippen LogP contribution is 2.29. The van der Waals surface area contributed by atoms with Crippen molar-refractivity contribution in [2.75, 3.05) is 18.8 Å². The molecule has 0 spiro atoms. The van der Waals surface area contributed by atoms with Crippen LogP contribution < -0.4 is 0 Å². The third-order valence-corrected chi connectivity index (χ3v) is 5.37. The lowest BCUT2D eigenvalue weighted by molar-refractivity contribution is 0.256. The van der Waals surface area contributed by atoms with Crippen molar-refractivity contribution in [2.45, 2.75) is 37.1 Å². The Balaban J connectivity index is 1.60. The van der Waals surface area contributed by atoms with Gasteiger partial charge in [-0.3, -0.25) is 9.11 Å². The predicted octanol–water partition coefficient (Wildman–Crippen LogP) is 2.58. The summed E-state index contributed by atoms with van der Waals surface area (Å²) in [5, 5.41) is 4.10. The van der Waals surface area contributed by atoms with Crippen LogP contribution in [0.15, 0.2) is 39.8 Å². The van der Waals surface area contributed by atoms with Gasteiger partial charge in [-0.2, -0.15) is 4.98 Å². The van der Waals surface area contributed by atoms with Crippen molar-refractivity contribution in [3.8, 4) is 0 Å². The fourth-order valence-electron chi connectivity index (χ4n) is 2.82. The van der Waals surface area contributed by atoms with E-state index in [0.29, 0.717) is 11.6 Å². The maximum Gasteiger partial charge on any atom is 0.226 e. The van der Waals surface area contributed by atoms with Crippen LogP contribution in [0.2, 0.25) is 0 Å². The van der Waals surface area contributed by atoms with E-state index < -0.39 is 10.8 Å². The quantitative estimate of drug-likeness (QED) is 0.819. The van der Waals surface area contributed by atoms with Crippen LogP contribution >= 0.6 is 0 Å². The zero-order valence-corrected chi connectivity index (χ0v) is 13.6. The Morgan fingerprint density at radius 2 is 2.18 bits per heavy atom. The number of hydrogen-bond acceptors (Lipinski definition) is 5. The van der Waals surface area contributed by atoms with E-state index in [4.69, 9.17) is 4.52 Å². The lowest BCUT2D eigenvalue weighted by atomic mass is 10.2. The van der Waals surface area contributed by atoms with Crippen molar-refractivity contribution in [1.82, 2.24) is 15.0 Å². The van der Waals surface area contributed by atoms with Crippen molar-refractivity contribution in [2.24, 2.45) is 0 Å². The van der Waals surface area contributed by atoms with Crippen LogP contribution in [0.4, 0.5) is 0 Å². The molecule has 2 aromatic rings. The monoisotopic (exact) mass is 319 g/mol. The summed E-state index contributed by atoms with van der Waals surface area (Å²) in [7, 11) is -0.953. The number of aromatic nitrogens is 2. The smallest absolute Gasteiger partial charge is 0.226 e. The van der Waals surface area contributed by atoms with Gasteiger partial charge in [-0.1, -0.05) is 30.3 Å². The van der Waals surface area contributed by atoms with Gasteiger partial charge >= 0.3 is 0 Å². The molecule has 2 atom stereocenters. The zero-order valence-electron chi connectivity index (χ0n) is 12.8. The molecule has 0 N–H and O–H groups in total. The van der Waals surface area contributed by atoms with Gasteiger partial charge in [-0.25, -0.2) is 0 Å². The van der Waals surface area contributed by atoms with E-state index in [1.807, 2.05) is 37.3 Å². The van der Waals surface area contributed by atoms with Crippen molar-refractivity contribution in [3.63, 3.8) is 0 Å². The highest BCUT2D eigenvalue weighted by Gasteiger charge is 2.29. The first-order valence-electron chi connectivity index (χ1n) is 7.78. The summed E-state index contributed by atoms with van der Waals surface area (Å²) >= 11 is 0. The van der Waals surface area contributed by atoms with Crippen LogP contribution in [-0.4, -0.2) is 38.1 Å². The SMILES string of the molecule is CCc1nc(C2CCCN2CCS(=O)c2ccccc2)no1. The Morgan fingerprint density at radius 1 is 1.36 bits per heavy atom. The van der Waals surface area contributed by atoms with Crippen LogP contribution in [0.25, 0.3) is 0 Å². The zero-order chi connectivity index (χ0) is 15.4. The van der Waals surface area contributed by atoms with Gasteiger partial charge in [0, 0.05) is 23.6 Å². The average Bonchev–Trinajstić information content (AvgIpc) is 3.21. The summed E-state index contributed by atoms with van der Waals surface area (Å²) in [4.78, 5) is 7.67. The molecule has 0 bridgehead atoms. The number of likely N-dealkylation sites (tertiary alicyclic amines) is 1. The van der Waals surface area contributed by atoms with Gasteiger partial charge in [-0.05, 0) is 31.5 Å². The average molecular weight is 319 g/mol. The fourth-order valence-corrected chi connectivity index (χ4v) is 3.92. The fraction of sp³-hybridized carbons (Fsp3) is 0.500. The molecule has 0 amide bonds. The standard InChI is InChI=1S/C16H21N3O2S/c1-2-15-17-16(18-21-15)14-9-6-10-19(14)11-12-22(20)13-7-4-3-5-8-13/h3-5,7-8,14H,2,6,9-12H2,1H3. The minimum atomic E-state index is -0.953. The van der Waals surface area contributed by atoms with E-state index in [-0.39, 0.29) is 6.04 Å². The van der Waals surface area contributed by atoms with Gasteiger partial charge in [-0.15, -0.1) is 0 Å². The van der Waals surface area contributed by atoms with Gasteiger partial charge in [0.15, 0.2) is 5.82 Å². The topological polar surface area (TPSA) is 59.2 Å². The molecule has 1 aromatic heterocycles. The lowest BCUT2D eigenvalue weighted by Crippen LogP contribution is -2.28. The molecule has 6 heteroatoms. The predicted molar refractivity (Wildman–Crippen MR) is 84.9 cm³/mol. The van der Waals surface area contributed by atoms with Crippen LogP contribution in [-0.2, 0) is 17.2 Å². The molecule has 2 unspecified atom stereocenters. The van der Waals surface area contributed by atoms with E-state index in [2.05, 4.69) is 15.0 Å². The first-order valence-corrected chi connectivity index (χ1v) is 9.09. The number of aryl methyl sites for hydroxylation is 1. The maximum absolute atomic E-state index is 12.3. The number of hydrogen-bond donors (Lipinski definition) is 0. The molecule has 0 aliphatic carbocycles. The van der Waals surface area contributed by atoms with Gasteiger partial charge in [0.1, 0.15) is 0 Å². The van der Waals surface area contributed by atoms with Gasteiger partial charge < -0.3 is 4.52 Å². The van der Waals surface area contributed by atoms with Gasteiger partial charge in [0.2, 0.25) is 5.89 Å². The molecule has 22 heavy (non-hydrogen) atoms. The molecule has 1 fully saturated rings. The van der Waals surface area contributed by atoms with Crippen molar-refractivity contribution in [3.05, 3.63) is 42.0 Å². The van der Waals surface area contributed by atoms with E-state index in [9.17, 15) is 4.21 Å². The van der Waals surface area contributed by atoms with E-state index in [1.54, 1.807) is 0 Å². The summed E-state index contributed by atoms with van der Waals surface area (Å²) in [5.41, 5.74) is 0. The summed E-state index contributed by atoms with van der Waals surface area (Å²) in [6.07, 6.45) is 2.93. The summed E-state index contributed by atoms with van der Waals surface area (Å²) in [6, 6.07) is 9.85. The molecule has 5 nitrogen and oxygen atoms in total. The van der Waals surface area contributed by atoms with Crippen LogP contribution in [0.1, 0.15) is 37.5 Å². The van der Waals surface area contributed by atoms with Crippen LogP contribution in [0.5, 0.6) is 0 Å². The van der Waals surface area contributed by atoms with Crippen LogP contribution in [0.3, 0.4) is 0 Å². The van der Waals surface area contributed by atoms with Crippen molar-refractivity contribution in [1.29, 1.82) is 0 Å². The summed E-state index contributed by atoms with van der Waals surface area (Å²) < 4.78 is 17.6. The number of rotatable bonds is 6. The summed E-state index contributed by atoms with van der Waals surface area (Å²) in [6.45, 7) is 3.81. The minimum absolute atomic E-state index is 0.205. The second kappa shape index (κ2) is 7.15. The van der Waals surface area contributed by atoms with Gasteiger partial charge in [0.05, 0.1) is 16.8 Å². The van der Waals surface area contributed by atoms with Crippen molar-refractivity contribution >= 4 is 10.8 Å². The third kappa shape index (κ3) is 3.44. The first-order chi connectivity index (χ1) is 10.8. The lowest BCUT2D eigenvalue weighted by Gasteiger charge is -2.21. The summed E-state index contributed by atoms with van der Waals surface area (Å²) in [5.74, 6) is 2.11. The number of benzene rings is 1. The van der Waals surface area contributed by atoms with Gasteiger partial charge in [0.25, 0.3) is 0 Å². The largest absolute Gasteiger partial charge is 0.339 e. The molecule has 2 heterocycles. The highest BCUT2D eigenvalue weighted by atomic mass is 32.2. The van der Waals surface area contributed by atoms with E-state index >= 15 is 0 Å². The van der Waals surface area contributed by atoms with E-state index in [1.165, 1.54) is 0 Å². The Morgan fingerprint density at radius 3 is 2.91 bits per heavy atom. The second-order valence-electron chi connectivity index (χ2n) is 5.46. The maximum atomic E-state index is 12.3. The van der Waals surface area contributed by atoms with E-state index in [0.717, 1.165) is 43.1 Å². The molecule has 0 saturated carbocycles. The molecular weight excluding hydrogens is 298 g/mol. The Hall–Kier alpha value is -1.53. The minimum Gasteiger partial charge on any atom is -0.339 e. The molecule has 1 aliphatic heterocycles. The normalized spacial score (nSPS) is 20.3. The third-order valence-electron chi connectivity index (χ3n) is 4.02. The van der Waals surface area contributed by atoms with Crippen molar-refractivity contribution < 1.29 is 8.73 Å². The first kappa shape index (κ1) is 15.4. The highest BCUT2D eigenvalue weighted by molar-refractivity contribution is 7.85. The Labute approximate surface area is 133 Å². The molecule has 0 radical (unpaired) electrons. The Bertz CT molecular complexity index is 629. The molecule has 1 saturated heterocycles.